The molecule has 1 aromatic rings. The number of carboxylic acids is 1. The molecule has 0 saturated carbocycles. The van der Waals surface area contributed by atoms with Crippen LogP contribution in [0.15, 0.2) is 10.5 Å². The highest BCUT2D eigenvalue weighted by Gasteiger charge is 2.18. The van der Waals surface area contributed by atoms with Gasteiger partial charge in [0.05, 0.1) is 6.54 Å². The molecule has 0 unspecified atom stereocenters. The molecule has 0 aromatic carbocycles. The minimum atomic E-state index is -1.10. The van der Waals surface area contributed by atoms with Crippen LogP contribution in [-0.2, 0) is 11.3 Å². The van der Waals surface area contributed by atoms with Crippen LogP contribution in [0.3, 0.4) is 0 Å². The Morgan fingerprint density at radius 2 is 2.11 bits per heavy atom. The molecule has 0 saturated heterocycles. The highest BCUT2D eigenvalue weighted by Crippen LogP contribution is 2.17. The minimum Gasteiger partial charge on any atom is -0.475 e. The Morgan fingerprint density at radius 1 is 1.50 bits per heavy atom. The molecular formula is C12H18N2O4. The van der Waals surface area contributed by atoms with E-state index in [4.69, 9.17) is 15.3 Å². The number of rotatable bonds is 6. The topological polar surface area (TPSA) is 96.8 Å². The summed E-state index contributed by atoms with van der Waals surface area (Å²) in [5.74, 6) is -1.06. The normalized spacial score (nSPS) is 11.2. The van der Waals surface area contributed by atoms with Gasteiger partial charge in [-0.25, -0.2) is 4.79 Å². The molecule has 0 bridgehead atoms. The van der Waals surface area contributed by atoms with Gasteiger partial charge in [-0.05, 0) is 26.8 Å². The third-order valence-electron chi connectivity index (χ3n) is 2.69. The lowest BCUT2D eigenvalue weighted by molar-refractivity contribution is -0.119. The molecule has 6 heteroatoms. The van der Waals surface area contributed by atoms with Gasteiger partial charge >= 0.3 is 5.97 Å². The number of aromatic carboxylic acids is 1. The zero-order chi connectivity index (χ0) is 13.9. The zero-order valence-electron chi connectivity index (χ0n) is 10.8. The van der Waals surface area contributed by atoms with Crippen LogP contribution >= 0.6 is 0 Å². The quantitative estimate of drug-likeness (QED) is 0.788. The Bertz CT molecular complexity index is 451. The minimum absolute atomic E-state index is 0.0923. The predicted octanol–water partition coefficient (Wildman–Crippen LogP) is 0.982. The van der Waals surface area contributed by atoms with Crippen molar-refractivity contribution in [3.8, 4) is 0 Å². The summed E-state index contributed by atoms with van der Waals surface area (Å²) in [5.41, 5.74) is 5.93. The number of carboxylic acid groups (broad SMARTS) is 1. The molecule has 0 aliphatic heterocycles. The van der Waals surface area contributed by atoms with E-state index in [0.717, 1.165) is 5.56 Å². The van der Waals surface area contributed by atoms with E-state index in [2.05, 4.69) is 0 Å². The number of carbonyl (C=O) groups is 2. The van der Waals surface area contributed by atoms with Crippen LogP contribution in [0.25, 0.3) is 0 Å². The summed E-state index contributed by atoms with van der Waals surface area (Å²) in [6, 6.07) is 1.61. The second-order valence-corrected chi connectivity index (χ2v) is 4.46. The first-order chi connectivity index (χ1) is 8.31. The average Bonchev–Trinajstić information content (AvgIpc) is 2.58. The van der Waals surface area contributed by atoms with Gasteiger partial charge in [0.25, 0.3) is 0 Å². The fraction of sp³-hybridized carbons (Fsp3) is 0.500. The van der Waals surface area contributed by atoms with E-state index in [-0.39, 0.29) is 18.3 Å². The molecule has 0 fully saturated rings. The SMILES string of the molecule is Cc1oc(C(=O)O)cc1CN(CC(N)=O)C(C)C. The van der Waals surface area contributed by atoms with Gasteiger partial charge in [-0.3, -0.25) is 9.69 Å². The summed E-state index contributed by atoms with van der Waals surface area (Å²) in [5, 5.41) is 8.83. The van der Waals surface area contributed by atoms with Crippen LogP contribution in [0, 0.1) is 6.92 Å². The maximum Gasteiger partial charge on any atom is 0.371 e. The molecule has 6 nitrogen and oxygen atoms in total. The molecule has 1 heterocycles. The fourth-order valence-electron chi connectivity index (χ4n) is 1.62. The van der Waals surface area contributed by atoms with Gasteiger partial charge in [0.2, 0.25) is 11.7 Å². The summed E-state index contributed by atoms with van der Waals surface area (Å²) < 4.78 is 5.12. The van der Waals surface area contributed by atoms with Gasteiger partial charge in [-0.15, -0.1) is 0 Å². The van der Waals surface area contributed by atoms with Crippen molar-refractivity contribution < 1.29 is 19.1 Å². The van der Waals surface area contributed by atoms with E-state index in [1.807, 2.05) is 18.7 Å². The lowest BCUT2D eigenvalue weighted by Crippen LogP contribution is -2.38. The van der Waals surface area contributed by atoms with Crippen molar-refractivity contribution in [3.63, 3.8) is 0 Å². The van der Waals surface area contributed by atoms with Gasteiger partial charge in [-0.2, -0.15) is 0 Å². The molecule has 1 amide bonds. The molecule has 18 heavy (non-hydrogen) atoms. The standard InChI is InChI=1S/C12H18N2O4/c1-7(2)14(6-11(13)15)5-9-4-10(12(16)17)18-8(9)3/h4,7H,5-6H2,1-3H3,(H2,13,15)(H,16,17). The van der Waals surface area contributed by atoms with Crippen LogP contribution in [-0.4, -0.2) is 34.5 Å². The van der Waals surface area contributed by atoms with Gasteiger partial charge in [0.1, 0.15) is 5.76 Å². The Balaban J connectivity index is 2.86. The highest BCUT2D eigenvalue weighted by molar-refractivity contribution is 5.84. The van der Waals surface area contributed by atoms with Crippen molar-refractivity contribution in [2.75, 3.05) is 6.54 Å². The number of hydrogen-bond donors (Lipinski definition) is 2. The van der Waals surface area contributed by atoms with Crippen molar-refractivity contribution in [1.29, 1.82) is 0 Å². The number of aryl methyl sites for hydroxylation is 1. The molecule has 0 radical (unpaired) electrons. The zero-order valence-corrected chi connectivity index (χ0v) is 10.8. The number of nitrogens with zero attached hydrogens (tertiary/aromatic N) is 1. The first-order valence-corrected chi connectivity index (χ1v) is 5.66. The molecule has 0 spiro atoms. The van der Waals surface area contributed by atoms with Gasteiger partial charge in [-0.1, -0.05) is 0 Å². The van der Waals surface area contributed by atoms with Crippen LogP contribution in [0.1, 0.15) is 35.7 Å². The van der Waals surface area contributed by atoms with Crippen LogP contribution < -0.4 is 5.73 Å². The molecule has 1 rings (SSSR count). The van der Waals surface area contributed by atoms with Gasteiger partial charge < -0.3 is 15.3 Å². The van der Waals surface area contributed by atoms with Crippen LogP contribution in [0.2, 0.25) is 0 Å². The molecule has 0 atom stereocenters. The summed E-state index contributed by atoms with van der Waals surface area (Å²) in [6.45, 7) is 6.14. The van der Waals surface area contributed by atoms with E-state index in [1.54, 1.807) is 6.92 Å². The lowest BCUT2D eigenvalue weighted by atomic mass is 10.2. The molecule has 1 aromatic heterocycles. The van der Waals surface area contributed by atoms with Crippen molar-refractivity contribution in [2.45, 2.75) is 33.4 Å². The number of carbonyl (C=O) groups excluding carboxylic acids is 1. The van der Waals surface area contributed by atoms with Crippen molar-refractivity contribution in [1.82, 2.24) is 4.90 Å². The summed E-state index contributed by atoms with van der Waals surface area (Å²) in [4.78, 5) is 23.6. The monoisotopic (exact) mass is 254 g/mol. The van der Waals surface area contributed by atoms with Gasteiger partial charge in [0, 0.05) is 18.2 Å². The number of primary amides is 1. The second kappa shape index (κ2) is 5.68. The Labute approximate surface area is 105 Å². The van der Waals surface area contributed by atoms with Gasteiger partial charge in [0.15, 0.2) is 0 Å². The van der Waals surface area contributed by atoms with Crippen LogP contribution in [0.5, 0.6) is 0 Å². The van der Waals surface area contributed by atoms with E-state index >= 15 is 0 Å². The highest BCUT2D eigenvalue weighted by atomic mass is 16.4. The maximum atomic E-state index is 11.0. The molecule has 0 aliphatic carbocycles. The maximum absolute atomic E-state index is 11.0. The number of hydrogen-bond acceptors (Lipinski definition) is 4. The Morgan fingerprint density at radius 3 is 2.50 bits per heavy atom. The average molecular weight is 254 g/mol. The van der Waals surface area contributed by atoms with Crippen molar-refractivity contribution in [2.24, 2.45) is 5.73 Å². The first-order valence-electron chi connectivity index (χ1n) is 5.66. The summed E-state index contributed by atoms with van der Waals surface area (Å²) >= 11 is 0. The van der Waals surface area contributed by atoms with E-state index in [1.165, 1.54) is 6.07 Å². The number of nitrogens with two attached hydrogens (primary N) is 1. The smallest absolute Gasteiger partial charge is 0.371 e. The predicted molar refractivity (Wildman–Crippen MR) is 65.1 cm³/mol. The third kappa shape index (κ3) is 3.59. The number of amides is 1. The largest absolute Gasteiger partial charge is 0.475 e. The molecular weight excluding hydrogens is 236 g/mol. The lowest BCUT2D eigenvalue weighted by Gasteiger charge is -2.24. The Hall–Kier alpha value is -1.82. The Kier molecular flexibility index (Phi) is 4.49. The van der Waals surface area contributed by atoms with E-state index < -0.39 is 11.9 Å². The van der Waals surface area contributed by atoms with E-state index in [9.17, 15) is 9.59 Å². The molecule has 0 aliphatic rings. The molecule has 100 valence electrons. The van der Waals surface area contributed by atoms with Crippen LogP contribution in [0.4, 0.5) is 0 Å². The van der Waals surface area contributed by atoms with E-state index in [0.29, 0.717) is 12.3 Å². The summed E-state index contributed by atoms with van der Waals surface area (Å²) in [7, 11) is 0. The first kappa shape index (κ1) is 14.2. The van der Waals surface area contributed by atoms with Crippen molar-refractivity contribution >= 4 is 11.9 Å². The summed E-state index contributed by atoms with van der Waals surface area (Å²) in [6.07, 6.45) is 0. The second-order valence-electron chi connectivity index (χ2n) is 4.46. The third-order valence-corrected chi connectivity index (χ3v) is 2.69. The molecule has 3 N–H and O–H groups in total. The number of furan rings is 1. The van der Waals surface area contributed by atoms with Crippen molar-refractivity contribution in [3.05, 3.63) is 23.2 Å². The fourth-order valence-corrected chi connectivity index (χ4v) is 1.62.